The van der Waals surface area contributed by atoms with Crippen LogP contribution in [0, 0.1) is 11.3 Å². The number of hydrogen-bond donors (Lipinski definition) is 2. The Morgan fingerprint density at radius 3 is 2.48 bits per heavy atom. The van der Waals surface area contributed by atoms with Gasteiger partial charge in [0.2, 0.25) is 0 Å². The van der Waals surface area contributed by atoms with Crippen molar-refractivity contribution in [3.63, 3.8) is 0 Å². The number of ether oxygens (including phenoxy) is 1. The number of nitrogens with zero attached hydrogens (tertiary/aromatic N) is 2. The van der Waals surface area contributed by atoms with Crippen molar-refractivity contribution in [2.45, 2.75) is 6.18 Å². The number of carboxylic acids is 1. The summed E-state index contributed by atoms with van der Waals surface area (Å²) in [6.07, 6.45) is -4.06. The largest absolute Gasteiger partial charge is 0.478 e. The molecule has 0 bridgehead atoms. The SMILES string of the molecule is COC(=O)c1c(N)c(C#N)cn1-c1c(C(=O)O)cccc1C(F)(F)F. The number of aromatic carboxylic acids is 1. The van der Waals surface area contributed by atoms with Crippen LogP contribution in [0.1, 0.15) is 32.0 Å². The van der Waals surface area contributed by atoms with Gasteiger partial charge in [0.1, 0.15) is 6.07 Å². The van der Waals surface area contributed by atoms with Gasteiger partial charge in [0.15, 0.2) is 5.69 Å². The highest BCUT2D eigenvalue weighted by atomic mass is 19.4. The third kappa shape index (κ3) is 2.99. The van der Waals surface area contributed by atoms with Crippen LogP contribution >= 0.6 is 0 Å². The molecule has 7 nitrogen and oxygen atoms in total. The number of rotatable bonds is 3. The third-order valence-electron chi connectivity index (χ3n) is 3.36. The number of carbonyl (C=O) groups excluding carboxylic acids is 1. The number of nitrogen functional groups attached to an aromatic ring is 1. The Hall–Kier alpha value is -3.48. The van der Waals surface area contributed by atoms with Crippen molar-refractivity contribution in [2.24, 2.45) is 0 Å². The first-order valence-electron chi connectivity index (χ1n) is 6.56. The molecule has 0 atom stereocenters. The Balaban J connectivity index is 2.99. The lowest BCUT2D eigenvalue weighted by Crippen LogP contribution is -2.18. The van der Waals surface area contributed by atoms with Crippen molar-refractivity contribution in [1.29, 1.82) is 5.26 Å². The minimum atomic E-state index is -4.92. The topological polar surface area (TPSA) is 118 Å². The zero-order chi connectivity index (χ0) is 18.9. The van der Waals surface area contributed by atoms with E-state index in [0.29, 0.717) is 10.6 Å². The lowest BCUT2D eigenvalue weighted by molar-refractivity contribution is -0.137. The number of benzene rings is 1. The van der Waals surface area contributed by atoms with Crippen LogP contribution in [0.15, 0.2) is 24.4 Å². The van der Waals surface area contributed by atoms with Crippen LogP contribution in [-0.2, 0) is 10.9 Å². The van der Waals surface area contributed by atoms with Gasteiger partial charge >= 0.3 is 18.1 Å². The highest BCUT2D eigenvalue weighted by Crippen LogP contribution is 2.37. The maximum absolute atomic E-state index is 13.4. The van der Waals surface area contributed by atoms with E-state index >= 15 is 0 Å². The summed E-state index contributed by atoms with van der Waals surface area (Å²) in [4.78, 5) is 23.3. The predicted octanol–water partition coefficient (Wildman–Crippen LogP) is 2.43. The summed E-state index contributed by atoms with van der Waals surface area (Å²) in [6, 6.07) is 4.15. The fourth-order valence-electron chi connectivity index (χ4n) is 2.30. The Bertz CT molecular complexity index is 910. The molecule has 0 spiro atoms. The second kappa shape index (κ2) is 6.20. The normalized spacial score (nSPS) is 11.0. The molecule has 0 fully saturated rings. The first-order chi connectivity index (χ1) is 11.6. The number of hydrogen-bond acceptors (Lipinski definition) is 5. The number of carbonyl (C=O) groups is 2. The van der Waals surface area contributed by atoms with Crippen molar-refractivity contribution < 1.29 is 32.6 Å². The van der Waals surface area contributed by atoms with Crippen LogP contribution in [0.25, 0.3) is 5.69 Å². The third-order valence-corrected chi connectivity index (χ3v) is 3.36. The highest BCUT2D eigenvalue weighted by molar-refractivity contribution is 5.98. The van der Waals surface area contributed by atoms with Crippen LogP contribution < -0.4 is 5.73 Å². The quantitative estimate of drug-likeness (QED) is 0.818. The van der Waals surface area contributed by atoms with E-state index in [1.807, 2.05) is 0 Å². The summed E-state index contributed by atoms with van der Waals surface area (Å²) in [5.74, 6) is -2.77. The minimum Gasteiger partial charge on any atom is -0.478 e. The number of nitrogens with two attached hydrogens (primary N) is 1. The smallest absolute Gasteiger partial charge is 0.418 e. The molecule has 10 heteroatoms. The number of anilines is 1. The van der Waals surface area contributed by atoms with E-state index in [-0.39, 0.29) is 5.56 Å². The Morgan fingerprint density at radius 1 is 1.36 bits per heavy atom. The molecule has 0 radical (unpaired) electrons. The number of alkyl halides is 3. The number of para-hydroxylation sites is 1. The van der Waals surface area contributed by atoms with E-state index in [4.69, 9.17) is 11.0 Å². The first-order valence-corrected chi connectivity index (χ1v) is 6.56. The summed E-state index contributed by atoms with van der Waals surface area (Å²) in [5.41, 5.74) is 1.49. The summed E-state index contributed by atoms with van der Waals surface area (Å²) < 4.78 is 45.2. The molecule has 0 saturated heterocycles. The molecule has 0 saturated carbocycles. The molecule has 0 aliphatic rings. The summed E-state index contributed by atoms with van der Waals surface area (Å²) >= 11 is 0. The molecular formula is C15H10F3N3O4. The minimum absolute atomic E-state index is 0.297. The van der Waals surface area contributed by atoms with Gasteiger partial charge in [0.05, 0.1) is 35.2 Å². The summed E-state index contributed by atoms with van der Waals surface area (Å²) in [7, 11) is 0.971. The van der Waals surface area contributed by atoms with Crippen molar-refractivity contribution in [3.05, 3.63) is 46.8 Å². The average molecular weight is 353 g/mol. The maximum Gasteiger partial charge on any atom is 0.418 e. The summed E-state index contributed by atoms with van der Waals surface area (Å²) in [6.45, 7) is 0. The van der Waals surface area contributed by atoms with Gasteiger partial charge in [0.25, 0.3) is 0 Å². The second-order valence-electron chi connectivity index (χ2n) is 4.78. The molecule has 0 amide bonds. The monoisotopic (exact) mass is 353 g/mol. The lowest BCUT2D eigenvalue weighted by atomic mass is 10.1. The number of esters is 1. The van der Waals surface area contributed by atoms with Crippen LogP contribution in [-0.4, -0.2) is 28.7 Å². The Labute approximate surface area is 138 Å². The number of methoxy groups -OCH3 is 1. The lowest BCUT2D eigenvalue weighted by Gasteiger charge is -2.17. The molecule has 0 aliphatic heterocycles. The molecule has 0 unspecified atom stereocenters. The highest BCUT2D eigenvalue weighted by Gasteiger charge is 2.37. The van der Waals surface area contributed by atoms with Crippen LogP contribution in [0.3, 0.4) is 0 Å². The molecule has 0 aliphatic carbocycles. The molecular weight excluding hydrogens is 343 g/mol. The van der Waals surface area contributed by atoms with Crippen LogP contribution in [0.2, 0.25) is 0 Å². The molecule has 1 aromatic carbocycles. The van der Waals surface area contributed by atoms with Gasteiger partial charge in [-0.1, -0.05) is 6.07 Å². The number of carboxylic acid groups (broad SMARTS) is 1. The molecule has 1 heterocycles. The van der Waals surface area contributed by atoms with E-state index in [1.54, 1.807) is 6.07 Å². The molecule has 1 aromatic heterocycles. The first kappa shape index (κ1) is 17.9. The zero-order valence-corrected chi connectivity index (χ0v) is 12.6. The maximum atomic E-state index is 13.4. The summed E-state index contributed by atoms with van der Waals surface area (Å²) in [5, 5.41) is 18.3. The van der Waals surface area contributed by atoms with Crippen molar-refractivity contribution >= 4 is 17.6 Å². The van der Waals surface area contributed by atoms with Gasteiger partial charge in [-0.2, -0.15) is 18.4 Å². The van der Waals surface area contributed by atoms with Gasteiger partial charge in [0, 0.05) is 6.20 Å². The molecule has 25 heavy (non-hydrogen) atoms. The Kier molecular flexibility index (Phi) is 4.43. The van der Waals surface area contributed by atoms with E-state index < -0.39 is 46.3 Å². The fraction of sp³-hybridized carbons (Fsp3) is 0.133. The van der Waals surface area contributed by atoms with E-state index in [1.165, 1.54) is 0 Å². The number of nitriles is 1. The molecule has 130 valence electrons. The Morgan fingerprint density at radius 2 is 2.00 bits per heavy atom. The standard InChI is InChI=1S/C15H10F3N3O4/c1-25-14(24)12-10(20)7(5-19)6-21(12)11-8(13(22)23)3-2-4-9(11)15(16,17)18/h2-4,6H,20H2,1H3,(H,22,23). The van der Waals surface area contributed by atoms with Gasteiger partial charge in [-0.25, -0.2) is 9.59 Å². The van der Waals surface area contributed by atoms with Crippen LogP contribution in [0.4, 0.5) is 18.9 Å². The van der Waals surface area contributed by atoms with Crippen molar-refractivity contribution in [2.75, 3.05) is 12.8 Å². The molecule has 2 rings (SSSR count). The number of aromatic nitrogens is 1. The van der Waals surface area contributed by atoms with Gasteiger partial charge in [-0.15, -0.1) is 0 Å². The van der Waals surface area contributed by atoms with E-state index in [9.17, 15) is 27.9 Å². The van der Waals surface area contributed by atoms with Crippen molar-refractivity contribution in [1.82, 2.24) is 4.57 Å². The fourth-order valence-corrected chi connectivity index (χ4v) is 2.30. The van der Waals surface area contributed by atoms with E-state index in [0.717, 1.165) is 25.4 Å². The van der Waals surface area contributed by atoms with Crippen molar-refractivity contribution in [3.8, 4) is 11.8 Å². The van der Waals surface area contributed by atoms with Gasteiger partial charge in [-0.3, -0.25) is 0 Å². The van der Waals surface area contributed by atoms with E-state index in [2.05, 4.69) is 4.74 Å². The van der Waals surface area contributed by atoms with Gasteiger partial charge in [-0.05, 0) is 12.1 Å². The van der Waals surface area contributed by atoms with Crippen LogP contribution in [0.5, 0.6) is 0 Å². The average Bonchev–Trinajstić information content (AvgIpc) is 2.88. The zero-order valence-electron chi connectivity index (χ0n) is 12.6. The molecule has 2 aromatic rings. The van der Waals surface area contributed by atoms with Gasteiger partial charge < -0.3 is 20.1 Å². The number of halogens is 3. The predicted molar refractivity (Wildman–Crippen MR) is 78.2 cm³/mol. The second-order valence-corrected chi connectivity index (χ2v) is 4.78. The molecule has 3 N–H and O–H groups in total.